The maximum Gasteiger partial charge on any atom is 0.256 e. The second kappa shape index (κ2) is 7.57. The minimum Gasteiger partial charge on any atom is -0.380 e. The molecule has 120 valence electrons. The molecule has 2 aromatic heterocycles. The van der Waals surface area contributed by atoms with E-state index < -0.39 is 0 Å². The van der Waals surface area contributed by atoms with E-state index in [1.54, 1.807) is 48.9 Å². The van der Waals surface area contributed by atoms with Crippen molar-refractivity contribution in [2.45, 2.75) is 6.54 Å². The van der Waals surface area contributed by atoms with Crippen LogP contribution in [0.25, 0.3) is 0 Å². The summed E-state index contributed by atoms with van der Waals surface area (Å²) in [4.78, 5) is 20.4. The lowest BCUT2D eigenvalue weighted by atomic mass is 10.2. The third-order valence-corrected chi connectivity index (χ3v) is 3.57. The Bertz CT molecular complexity index is 822. The second-order valence-electron chi connectivity index (χ2n) is 5.11. The summed E-state index contributed by atoms with van der Waals surface area (Å²) in [5.41, 5.74) is 2.49. The number of hydrogen-bond acceptors (Lipinski definition) is 4. The lowest BCUT2D eigenvalue weighted by Crippen LogP contribution is -2.12. The van der Waals surface area contributed by atoms with Gasteiger partial charge in [-0.1, -0.05) is 17.7 Å². The molecule has 6 heteroatoms. The summed E-state index contributed by atoms with van der Waals surface area (Å²) in [6, 6.07) is 14.3. The van der Waals surface area contributed by atoms with E-state index in [1.807, 2.05) is 18.2 Å². The van der Waals surface area contributed by atoms with Crippen LogP contribution in [-0.4, -0.2) is 15.9 Å². The van der Waals surface area contributed by atoms with Gasteiger partial charge in [0.25, 0.3) is 5.91 Å². The summed E-state index contributed by atoms with van der Waals surface area (Å²) in [5.74, 6) is 0.233. The molecule has 1 aromatic carbocycles. The molecule has 2 N–H and O–H groups in total. The van der Waals surface area contributed by atoms with Crippen molar-refractivity contribution in [3.8, 4) is 0 Å². The zero-order valence-electron chi connectivity index (χ0n) is 12.7. The molecule has 0 fully saturated rings. The van der Waals surface area contributed by atoms with Crippen molar-refractivity contribution >= 4 is 29.0 Å². The topological polar surface area (TPSA) is 66.9 Å². The van der Waals surface area contributed by atoms with Gasteiger partial charge in [-0.15, -0.1) is 0 Å². The number of nitrogens with zero attached hydrogens (tertiary/aromatic N) is 2. The smallest absolute Gasteiger partial charge is 0.256 e. The van der Waals surface area contributed by atoms with Gasteiger partial charge in [-0.25, -0.2) is 4.98 Å². The molecule has 0 aliphatic rings. The fourth-order valence-corrected chi connectivity index (χ4v) is 2.29. The number of aromatic nitrogens is 2. The minimum atomic E-state index is -0.248. The standard InChI is InChI=1S/C18H15ClN4O/c19-15-3-1-2-14(10-15)18(24)23-17-5-4-16(12-22-17)21-11-13-6-8-20-9-7-13/h1-10,12,21H,11H2,(H,22,23,24). The molecule has 0 aliphatic carbocycles. The zero-order valence-corrected chi connectivity index (χ0v) is 13.5. The number of rotatable bonds is 5. The van der Waals surface area contributed by atoms with E-state index in [1.165, 1.54) is 0 Å². The molecule has 0 bridgehead atoms. The number of pyridine rings is 2. The number of carbonyl (C=O) groups excluding carboxylic acids is 1. The Morgan fingerprint density at radius 3 is 2.62 bits per heavy atom. The first-order valence-electron chi connectivity index (χ1n) is 7.36. The Balaban J connectivity index is 1.59. The molecule has 0 saturated heterocycles. The van der Waals surface area contributed by atoms with Crippen molar-refractivity contribution in [2.24, 2.45) is 0 Å². The first-order chi connectivity index (χ1) is 11.7. The van der Waals surface area contributed by atoms with Crippen LogP contribution in [0.3, 0.4) is 0 Å². The van der Waals surface area contributed by atoms with E-state index in [4.69, 9.17) is 11.6 Å². The summed E-state index contributed by atoms with van der Waals surface area (Å²) in [6.07, 6.45) is 5.18. The van der Waals surface area contributed by atoms with Crippen LogP contribution >= 0.6 is 11.6 Å². The Morgan fingerprint density at radius 2 is 1.92 bits per heavy atom. The fourth-order valence-electron chi connectivity index (χ4n) is 2.10. The largest absolute Gasteiger partial charge is 0.380 e. The summed E-state index contributed by atoms with van der Waals surface area (Å²) < 4.78 is 0. The summed E-state index contributed by atoms with van der Waals surface area (Å²) >= 11 is 5.89. The lowest BCUT2D eigenvalue weighted by Gasteiger charge is -2.08. The zero-order chi connectivity index (χ0) is 16.8. The number of carbonyl (C=O) groups is 1. The molecule has 2 heterocycles. The summed E-state index contributed by atoms with van der Waals surface area (Å²) in [6.45, 7) is 0.679. The van der Waals surface area contributed by atoms with Crippen LogP contribution in [0.15, 0.2) is 67.1 Å². The highest BCUT2D eigenvalue weighted by atomic mass is 35.5. The number of anilines is 2. The molecular formula is C18H15ClN4O. The third kappa shape index (κ3) is 4.30. The van der Waals surface area contributed by atoms with Gasteiger partial charge in [-0.05, 0) is 48.0 Å². The van der Waals surface area contributed by atoms with E-state index in [0.717, 1.165) is 11.3 Å². The van der Waals surface area contributed by atoms with Gasteiger partial charge < -0.3 is 10.6 Å². The Labute approximate surface area is 144 Å². The molecule has 0 aliphatic heterocycles. The second-order valence-corrected chi connectivity index (χ2v) is 5.54. The third-order valence-electron chi connectivity index (χ3n) is 3.34. The van der Waals surface area contributed by atoms with Gasteiger partial charge in [-0.3, -0.25) is 9.78 Å². The van der Waals surface area contributed by atoms with E-state index in [0.29, 0.717) is 22.9 Å². The lowest BCUT2D eigenvalue weighted by molar-refractivity contribution is 0.102. The molecule has 5 nitrogen and oxygen atoms in total. The molecule has 0 spiro atoms. The molecule has 3 aromatic rings. The maximum absolute atomic E-state index is 12.1. The highest BCUT2D eigenvalue weighted by molar-refractivity contribution is 6.31. The number of nitrogens with one attached hydrogen (secondary N) is 2. The van der Waals surface area contributed by atoms with Crippen LogP contribution in [-0.2, 0) is 6.54 Å². The van der Waals surface area contributed by atoms with Crippen LogP contribution in [0.5, 0.6) is 0 Å². The number of halogens is 1. The van der Waals surface area contributed by atoms with Crippen LogP contribution in [0.4, 0.5) is 11.5 Å². The van der Waals surface area contributed by atoms with Crippen LogP contribution in [0, 0.1) is 0 Å². The van der Waals surface area contributed by atoms with Gasteiger partial charge in [-0.2, -0.15) is 0 Å². The molecule has 24 heavy (non-hydrogen) atoms. The first-order valence-corrected chi connectivity index (χ1v) is 7.74. The van der Waals surface area contributed by atoms with Crippen LogP contribution in [0.2, 0.25) is 5.02 Å². The number of amides is 1. The van der Waals surface area contributed by atoms with Crippen molar-refractivity contribution in [2.75, 3.05) is 10.6 Å². The Morgan fingerprint density at radius 1 is 1.08 bits per heavy atom. The average molecular weight is 339 g/mol. The van der Waals surface area contributed by atoms with Gasteiger partial charge in [0, 0.05) is 29.5 Å². The van der Waals surface area contributed by atoms with Gasteiger partial charge in [0.2, 0.25) is 0 Å². The molecule has 3 rings (SSSR count). The quantitative estimate of drug-likeness (QED) is 0.738. The van der Waals surface area contributed by atoms with Crippen molar-refractivity contribution in [1.82, 2.24) is 9.97 Å². The number of hydrogen-bond donors (Lipinski definition) is 2. The van der Waals surface area contributed by atoms with Gasteiger partial charge in [0.05, 0.1) is 11.9 Å². The fraction of sp³-hybridized carbons (Fsp3) is 0.0556. The maximum atomic E-state index is 12.1. The molecular weight excluding hydrogens is 324 g/mol. The average Bonchev–Trinajstić information content (AvgIpc) is 2.62. The highest BCUT2D eigenvalue weighted by Gasteiger charge is 2.07. The highest BCUT2D eigenvalue weighted by Crippen LogP contribution is 2.14. The SMILES string of the molecule is O=C(Nc1ccc(NCc2ccncc2)cn1)c1cccc(Cl)c1. The van der Waals surface area contributed by atoms with E-state index in [2.05, 4.69) is 20.6 Å². The molecule has 1 amide bonds. The summed E-state index contributed by atoms with van der Waals surface area (Å²) in [5, 5.41) is 6.52. The predicted octanol–water partition coefficient (Wildman–Crippen LogP) is 3.99. The van der Waals surface area contributed by atoms with Crippen LogP contribution in [0.1, 0.15) is 15.9 Å². The minimum absolute atomic E-state index is 0.248. The van der Waals surface area contributed by atoms with E-state index in [9.17, 15) is 4.79 Å². The van der Waals surface area contributed by atoms with E-state index in [-0.39, 0.29) is 5.91 Å². The Hall–Kier alpha value is -2.92. The molecule has 0 unspecified atom stereocenters. The number of benzene rings is 1. The van der Waals surface area contributed by atoms with E-state index >= 15 is 0 Å². The van der Waals surface area contributed by atoms with Crippen molar-refractivity contribution in [3.05, 3.63) is 83.3 Å². The molecule has 0 atom stereocenters. The molecule has 0 radical (unpaired) electrons. The first kappa shape index (κ1) is 16.0. The molecule has 0 saturated carbocycles. The van der Waals surface area contributed by atoms with Crippen molar-refractivity contribution in [1.29, 1.82) is 0 Å². The van der Waals surface area contributed by atoms with Gasteiger partial charge in [0.15, 0.2) is 0 Å². The van der Waals surface area contributed by atoms with Gasteiger partial charge >= 0.3 is 0 Å². The normalized spacial score (nSPS) is 10.2. The van der Waals surface area contributed by atoms with Crippen molar-refractivity contribution in [3.63, 3.8) is 0 Å². The monoisotopic (exact) mass is 338 g/mol. The Kier molecular flexibility index (Phi) is 5.03. The predicted molar refractivity (Wildman–Crippen MR) is 95.2 cm³/mol. The van der Waals surface area contributed by atoms with Crippen LogP contribution < -0.4 is 10.6 Å². The van der Waals surface area contributed by atoms with Gasteiger partial charge in [0.1, 0.15) is 5.82 Å². The van der Waals surface area contributed by atoms with Crippen molar-refractivity contribution < 1.29 is 4.79 Å². The summed E-state index contributed by atoms with van der Waals surface area (Å²) in [7, 11) is 0.